The van der Waals surface area contributed by atoms with E-state index in [-0.39, 0.29) is 6.42 Å². The normalized spacial score (nSPS) is 21.0. The number of nitrogens with one attached hydrogen (secondary N) is 1. The Morgan fingerprint density at radius 2 is 1.08 bits per heavy atom. The van der Waals surface area contributed by atoms with E-state index in [0.717, 1.165) is 25.7 Å². The number of aliphatic hydroxyl groups excluding tert-OH is 5. The van der Waals surface area contributed by atoms with E-state index >= 15 is 0 Å². The lowest BCUT2D eigenvalue weighted by molar-refractivity contribution is -0.298. The predicted octanol–water partition coefficient (Wildman–Crippen LogP) is 9.47. The van der Waals surface area contributed by atoms with Crippen LogP contribution in [0, 0.1) is 0 Å². The van der Waals surface area contributed by atoms with Gasteiger partial charge >= 0.3 is 10.4 Å². The van der Waals surface area contributed by atoms with E-state index in [1.807, 2.05) is 6.92 Å². The lowest BCUT2D eigenvalue weighted by Gasteiger charge is -2.41. The van der Waals surface area contributed by atoms with Gasteiger partial charge in [0.1, 0.15) is 30.5 Å². The maximum absolute atomic E-state index is 12.9. The monoisotopic (exact) mass is 920 g/mol. The standard InChI is InChI=1S/C49H93NO12S/c1-3-5-7-8-9-10-11-12-13-14-15-16-17-18-19-20-21-22-23-24-25-26-27-28-29-30-31-32-33-34-36-38-43(53)48(56)50-41(42(52)37-35-6-4-2)40-60-49-46(55)47(62-63(57,58)59)45(54)44(39-51)61-49/h18-19,35,37,41-47,49,51-55H,3-17,20-34,36,38-40H2,1-2H3,(H,50,56)(H,57,58,59)/b19-18-,37-35+. The average molecular weight is 920 g/mol. The van der Waals surface area contributed by atoms with Gasteiger partial charge in [-0.3, -0.25) is 9.35 Å². The van der Waals surface area contributed by atoms with Gasteiger partial charge in [0.05, 0.1) is 25.4 Å². The van der Waals surface area contributed by atoms with Crippen LogP contribution < -0.4 is 5.32 Å². The minimum absolute atomic E-state index is 0.243. The summed E-state index contributed by atoms with van der Waals surface area (Å²) in [6.07, 6.45) is 35.8. The largest absolute Gasteiger partial charge is 0.397 e. The lowest BCUT2D eigenvalue weighted by Crippen LogP contribution is -2.61. The number of carbonyl (C=O) groups is 1. The van der Waals surface area contributed by atoms with Gasteiger partial charge in [-0.2, -0.15) is 8.42 Å². The molecule has 1 amide bonds. The molecule has 1 rings (SSSR count). The minimum atomic E-state index is -5.11. The Balaban J connectivity index is 2.11. The van der Waals surface area contributed by atoms with Crippen LogP contribution in [0.4, 0.5) is 0 Å². The molecule has 1 heterocycles. The van der Waals surface area contributed by atoms with Crippen molar-refractivity contribution in [2.75, 3.05) is 13.2 Å². The summed E-state index contributed by atoms with van der Waals surface area (Å²) >= 11 is 0. The maximum Gasteiger partial charge on any atom is 0.397 e. The summed E-state index contributed by atoms with van der Waals surface area (Å²) in [5.74, 6) is -0.712. The molecule has 0 spiro atoms. The number of unbranched alkanes of at least 4 members (excludes halogenated alkanes) is 28. The van der Waals surface area contributed by atoms with Crippen LogP contribution in [-0.2, 0) is 28.9 Å². The summed E-state index contributed by atoms with van der Waals surface area (Å²) in [4.78, 5) is 12.9. The third kappa shape index (κ3) is 32.0. The minimum Gasteiger partial charge on any atom is -0.394 e. The Bertz CT molecular complexity index is 1240. The average Bonchev–Trinajstić information content (AvgIpc) is 3.25. The van der Waals surface area contributed by atoms with Gasteiger partial charge in [-0.1, -0.05) is 205 Å². The second kappa shape index (κ2) is 39.7. The fourth-order valence-electron chi connectivity index (χ4n) is 8.05. The lowest BCUT2D eigenvalue weighted by atomic mass is 9.99. The number of amides is 1. The van der Waals surface area contributed by atoms with Gasteiger partial charge in [-0.25, -0.2) is 4.18 Å². The Labute approximate surface area is 383 Å². The molecule has 0 saturated carbocycles. The first-order chi connectivity index (χ1) is 30.4. The van der Waals surface area contributed by atoms with Gasteiger partial charge in [-0.15, -0.1) is 0 Å². The molecule has 13 nitrogen and oxygen atoms in total. The molecule has 1 saturated heterocycles. The van der Waals surface area contributed by atoms with Crippen molar-refractivity contribution in [2.24, 2.45) is 0 Å². The fraction of sp³-hybridized carbons (Fsp3) is 0.898. The van der Waals surface area contributed by atoms with E-state index < -0.39 is 78.5 Å². The smallest absolute Gasteiger partial charge is 0.394 e. The summed E-state index contributed by atoms with van der Waals surface area (Å²) in [7, 11) is -5.11. The van der Waals surface area contributed by atoms with Crippen LogP contribution in [0.3, 0.4) is 0 Å². The molecule has 0 radical (unpaired) electrons. The molecule has 0 bridgehead atoms. The molecule has 8 unspecified atom stereocenters. The third-order valence-corrected chi connectivity index (χ3v) is 12.5. The Morgan fingerprint density at radius 3 is 1.51 bits per heavy atom. The van der Waals surface area contributed by atoms with Crippen molar-refractivity contribution in [3.8, 4) is 0 Å². The number of rotatable bonds is 43. The number of allylic oxidation sites excluding steroid dienone is 3. The van der Waals surface area contributed by atoms with Crippen molar-refractivity contribution < 1.29 is 57.0 Å². The van der Waals surface area contributed by atoms with E-state index in [1.165, 1.54) is 167 Å². The molecule has 372 valence electrons. The van der Waals surface area contributed by atoms with Crippen LogP contribution in [0.2, 0.25) is 0 Å². The molecule has 14 heteroatoms. The highest BCUT2D eigenvalue weighted by Crippen LogP contribution is 2.26. The first kappa shape index (κ1) is 59.6. The summed E-state index contributed by atoms with van der Waals surface area (Å²) in [5, 5.41) is 54.5. The van der Waals surface area contributed by atoms with Gasteiger partial charge in [0.2, 0.25) is 5.91 Å². The molecule has 1 fully saturated rings. The van der Waals surface area contributed by atoms with Gasteiger partial charge in [0.25, 0.3) is 0 Å². The van der Waals surface area contributed by atoms with Crippen molar-refractivity contribution in [2.45, 2.75) is 268 Å². The molecule has 0 aromatic carbocycles. The second-order valence-electron chi connectivity index (χ2n) is 17.9. The molecule has 63 heavy (non-hydrogen) atoms. The van der Waals surface area contributed by atoms with Crippen molar-refractivity contribution in [1.29, 1.82) is 0 Å². The zero-order valence-electron chi connectivity index (χ0n) is 39.5. The predicted molar refractivity (Wildman–Crippen MR) is 251 cm³/mol. The molecule has 0 aromatic rings. The summed E-state index contributed by atoms with van der Waals surface area (Å²) in [6.45, 7) is 2.97. The SMILES string of the molecule is CCC/C=C/C(O)C(COC1OC(CO)C(O)C(OS(=O)(=O)O)C1O)NC(=O)C(O)CCCCCCCCCCCCCCCCC/C=C\CCCCCCCCCCCCCC. The molecule has 1 aliphatic rings. The molecular formula is C49H93NO12S. The first-order valence-corrected chi connectivity index (χ1v) is 26.7. The van der Waals surface area contributed by atoms with Gasteiger partial charge in [-0.05, 0) is 38.5 Å². The van der Waals surface area contributed by atoms with Crippen molar-refractivity contribution in [3.63, 3.8) is 0 Å². The molecule has 0 aliphatic carbocycles. The zero-order chi connectivity index (χ0) is 46.4. The maximum atomic E-state index is 12.9. The van der Waals surface area contributed by atoms with Crippen LogP contribution in [0.1, 0.15) is 219 Å². The van der Waals surface area contributed by atoms with Crippen LogP contribution >= 0.6 is 0 Å². The van der Waals surface area contributed by atoms with Gasteiger partial charge in [0, 0.05) is 0 Å². The Morgan fingerprint density at radius 1 is 0.635 bits per heavy atom. The number of ether oxygens (including phenoxy) is 2. The van der Waals surface area contributed by atoms with Gasteiger partial charge in [0.15, 0.2) is 6.29 Å². The van der Waals surface area contributed by atoms with Gasteiger partial charge < -0.3 is 40.3 Å². The molecule has 8 atom stereocenters. The Hall–Kier alpha value is -1.46. The number of hydrogen-bond donors (Lipinski definition) is 7. The summed E-state index contributed by atoms with van der Waals surface area (Å²) in [5.41, 5.74) is 0. The van der Waals surface area contributed by atoms with Crippen LogP contribution in [0.15, 0.2) is 24.3 Å². The summed E-state index contributed by atoms with van der Waals surface area (Å²) < 4.78 is 47.0. The van der Waals surface area contributed by atoms with Crippen molar-refractivity contribution in [1.82, 2.24) is 5.32 Å². The third-order valence-electron chi connectivity index (χ3n) is 12.1. The topological polar surface area (TPSA) is 212 Å². The quantitative estimate of drug-likeness (QED) is 0.0173. The van der Waals surface area contributed by atoms with Crippen LogP contribution in [0.5, 0.6) is 0 Å². The highest BCUT2D eigenvalue weighted by Gasteiger charge is 2.48. The Kier molecular flexibility index (Phi) is 37.5. The highest BCUT2D eigenvalue weighted by molar-refractivity contribution is 7.80. The molecule has 0 aromatic heterocycles. The number of aliphatic hydroxyl groups is 5. The van der Waals surface area contributed by atoms with Crippen LogP contribution in [-0.4, -0.2) is 107 Å². The van der Waals surface area contributed by atoms with E-state index in [1.54, 1.807) is 6.08 Å². The zero-order valence-corrected chi connectivity index (χ0v) is 40.3. The van der Waals surface area contributed by atoms with E-state index in [9.17, 15) is 38.7 Å². The first-order valence-electron chi connectivity index (χ1n) is 25.3. The van der Waals surface area contributed by atoms with Crippen molar-refractivity contribution >= 4 is 16.3 Å². The molecule has 7 N–H and O–H groups in total. The van der Waals surface area contributed by atoms with E-state index in [2.05, 4.69) is 28.6 Å². The molecule has 1 aliphatic heterocycles. The number of carbonyl (C=O) groups excluding carboxylic acids is 1. The number of hydrogen-bond acceptors (Lipinski definition) is 11. The fourth-order valence-corrected chi connectivity index (χ4v) is 8.56. The van der Waals surface area contributed by atoms with E-state index in [0.29, 0.717) is 12.8 Å². The molecular weight excluding hydrogens is 827 g/mol. The van der Waals surface area contributed by atoms with Crippen molar-refractivity contribution in [3.05, 3.63) is 24.3 Å². The van der Waals surface area contributed by atoms with E-state index in [4.69, 9.17) is 14.0 Å². The second-order valence-corrected chi connectivity index (χ2v) is 18.9. The highest BCUT2D eigenvalue weighted by atomic mass is 32.3. The summed E-state index contributed by atoms with van der Waals surface area (Å²) in [6, 6.07) is -1.11. The van der Waals surface area contributed by atoms with Crippen LogP contribution in [0.25, 0.3) is 0 Å².